The molecule has 15 heavy (non-hydrogen) atoms. The average Bonchev–Trinajstić information content (AvgIpc) is 2.27. The van der Waals surface area contributed by atoms with Gasteiger partial charge in [-0.1, -0.05) is 0 Å². The molecule has 0 aromatic heterocycles. The summed E-state index contributed by atoms with van der Waals surface area (Å²) in [4.78, 5) is 0. The Labute approximate surface area is 90.2 Å². The minimum absolute atomic E-state index is 0.0170. The predicted octanol–water partition coefficient (Wildman–Crippen LogP) is 2.04. The van der Waals surface area contributed by atoms with Crippen LogP contribution >= 0.6 is 0 Å². The van der Waals surface area contributed by atoms with E-state index in [1.165, 1.54) is 5.56 Å². The van der Waals surface area contributed by atoms with E-state index >= 15 is 0 Å². The molecule has 0 saturated heterocycles. The average molecular weight is 207 g/mol. The van der Waals surface area contributed by atoms with Gasteiger partial charge in [-0.05, 0) is 31.9 Å². The van der Waals surface area contributed by atoms with Gasteiger partial charge >= 0.3 is 0 Å². The largest absolute Gasteiger partial charge is 0.496 e. The third-order valence-electron chi connectivity index (χ3n) is 2.78. The molecule has 1 unspecified atom stereocenters. The van der Waals surface area contributed by atoms with Gasteiger partial charge in [-0.2, -0.15) is 0 Å². The molecule has 82 valence electrons. The first-order chi connectivity index (χ1) is 7.24. The van der Waals surface area contributed by atoms with Crippen molar-refractivity contribution in [1.29, 1.82) is 0 Å². The topological polar surface area (TPSA) is 44.5 Å². The van der Waals surface area contributed by atoms with Gasteiger partial charge in [-0.15, -0.1) is 0 Å². The molecule has 1 atom stereocenters. The van der Waals surface area contributed by atoms with Crippen molar-refractivity contribution in [3.63, 3.8) is 0 Å². The molecule has 1 aromatic carbocycles. The maximum atomic E-state index is 5.98. The molecule has 0 saturated carbocycles. The lowest BCUT2D eigenvalue weighted by molar-refractivity contribution is 0.285. The molecule has 1 aliphatic heterocycles. The quantitative estimate of drug-likeness (QED) is 0.807. The minimum Gasteiger partial charge on any atom is -0.496 e. The molecular weight excluding hydrogens is 190 g/mol. The standard InChI is InChI=1S/C12H17NO2/c1-8(13)12-9-4-3-7-15-10(9)5-6-11(12)14-2/h5-6,8H,3-4,7,13H2,1-2H3. The van der Waals surface area contributed by atoms with E-state index in [2.05, 4.69) is 0 Å². The van der Waals surface area contributed by atoms with Gasteiger partial charge in [0, 0.05) is 17.2 Å². The van der Waals surface area contributed by atoms with Crippen molar-refractivity contribution in [2.24, 2.45) is 5.73 Å². The summed E-state index contributed by atoms with van der Waals surface area (Å²) >= 11 is 0. The molecule has 1 aromatic rings. The highest BCUT2D eigenvalue weighted by Crippen LogP contribution is 2.36. The van der Waals surface area contributed by atoms with Gasteiger partial charge in [-0.25, -0.2) is 0 Å². The molecule has 2 N–H and O–H groups in total. The zero-order valence-electron chi connectivity index (χ0n) is 9.25. The summed E-state index contributed by atoms with van der Waals surface area (Å²) in [5, 5.41) is 0. The van der Waals surface area contributed by atoms with Crippen LogP contribution in [0.4, 0.5) is 0 Å². The first-order valence-corrected chi connectivity index (χ1v) is 5.32. The van der Waals surface area contributed by atoms with E-state index in [4.69, 9.17) is 15.2 Å². The van der Waals surface area contributed by atoms with Crippen LogP contribution in [0.25, 0.3) is 0 Å². The van der Waals surface area contributed by atoms with E-state index in [0.29, 0.717) is 0 Å². The lowest BCUT2D eigenvalue weighted by Gasteiger charge is -2.23. The first kappa shape index (κ1) is 10.3. The van der Waals surface area contributed by atoms with Crippen LogP contribution in [0, 0.1) is 0 Å². The molecule has 0 aliphatic carbocycles. The second-order valence-corrected chi connectivity index (χ2v) is 3.90. The fourth-order valence-corrected chi connectivity index (χ4v) is 2.12. The molecule has 0 radical (unpaired) electrons. The summed E-state index contributed by atoms with van der Waals surface area (Å²) in [5.74, 6) is 1.84. The number of methoxy groups -OCH3 is 1. The number of hydrogen-bond donors (Lipinski definition) is 1. The highest BCUT2D eigenvalue weighted by Gasteiger charge is 2.20. The molecule has 2 rings (SSSR count). The Morgan fingerprint density at radius 3 is 2.93 bits per heavy atom. The van der Waals surface area contributed by atoms with Gasteiger partial charge in [0.25, 0.3) is 0 Å². The molecule has 3 heteroatoms. The van der Waals surface area contributed by atoms with E-state index in [9.17, 15) is 0 Å². The molecule has 1 heterocycles. The lowest BCUT2D eigenvalue weighted by atomic mass is 9.95. The Balaban J connectivity index is 2.54. The molecule has 0 bridgehead atoms. The Morgan fingerprint density at radius 2 is 2.27 bits per heavy atom. The van der Waals surface area contributed by atoms with Crippen molar-refractivity contribution < 1.29 is 9.47 Å². The Morgan fingerprint density at radius 1 is 1.47 bits per heavy atom. The van der Waals surface area contributed by atoms with Crippen molar-refractivity contribution >= 4 is 0 Å². The Bertz CT molecular complexity index is 361. The minimum atomic E-state index is -0.0170. The Hall–Kier alpha value is -1.22. The predicted molar refractivity (Wildman–Crippen MR) is 59.4 cm³/mol. The highest BCUT2D eigenvalue weighted by molar-refractivity contribution is 5.50. The lowest BCUT2D eigenvalue weighted by Crippen LogP contribution is -2.16. The number of fused-ring (bicyclic) bond motifs is 1. The van der Waals surface area contributed by atoms with Crippen LogP contribution in [0.1, 0.15) is 30.5 Å². The molecule has 0 spiro atoms. The maximum absolute atomic E-state index is 5.98. The first-order valence-electron chi connectivity index (χ1n) is 5.32. The number of ether oxygens (including phenoxy) is 2. The monoisotopic (exact) mass is 207 g/mol. The van der Waals surface area contributed by atoms with Crippen molar-refractivity contribution in [2.75, 3.05) is 13.7 Å². The van der Waals surface area contributed by atoms with Crippen molar-refractivity contribution in [1.82, 2.24) is 0 Å². The van der Waals surface area contributed by atoms with Gasteiger partial charge in [0.1, 0.15) is 11.5 Å². The van der Waals surface area contributed by atoms with Crippen LogP contribution < -0.4 is 15.2 Å². The van der Waals surface area contributed by atoms with Gasteiger partial charge < -0.3 is 15.2 Å². The summed E-state index contributed by atoms with van der Waals surface area (Å²) in [6.07, 6.45) is 2.09. The maximum Gasteiger partial charge on any atom is 0.124 e. The third-order valence-corrected chi connectivity index (χ3v) is 2.78. The van der Waals surface area contributed by atoms with Gasteiger partial charge in [0.15, 0.2) is 0 Å². The Kier molecular flexibility index (Phi) is 2.82. The molecular formula is C12H17NO2. The fraction of sp³-hybridized carbons (Fsp3) is 0.500. The van der Waals surface area contributed by atoms with Crippen LogP contribution in [0.15, 0.2) is 12.1 Å². The molecule has 3 nitrogen and oxygen atoms in total. The fourth-order valence-electron chi connectivity index (χ4n) is 2.12. The molecule has 0 fully saturated rings. The van der Waals surface area contributed by atoms with Gasteiger partial charge in [-0.3, -0.25) is 0 Å². The molecule has 1 aliphatic rings. The number of rotatable bonds is 2. The molecule has 0 amide bonds. The van der Waals surface area contributed by atoms with Crippen LogP contribution in [0.5, 0.6) is 11.5 Å². The number of hydrogen-bond acceptors (Lipinski definition) is 3. The van der Waals surface area contributed by atoms with E-state index < -0.39 is 0 Å². The van der Waals surface area contributed by atoms with Crippen LogP contribution in [-0.2, 0) is 6.42 Å². The van der Waals surface area contributed by atoms with Crippen molar-refractivity contribution in [3.8, 4) is 11.5 Å². The zero-order chi connectivity index (χ0) is 10.8. The normalized spacial score (nSPS) is 16.5. The van der Waals surface area contributed by atoms with E-state index in [1.807, 2.05) is 19.1 Å². The van der Waals surface area contributed by atoms with Crippen LogP contribution in [-0.4, -0.2) is 13.7 Å². The number of benzene rings is 1. The smallest absolute Gasteiger partial charge is 0.124 e. The summed E-state index contributed by atoms with van der Waals surface area (Å²) in [5.41, 5.74) is 8.29. The van der Waals surface area contributed by atoms with E-state index in [1.54, 1.807) is 7.11 Å². The van der Waals surface area contributed by atoms with Crippen LogP contribution in [0.3, 0.4) is 0 Å². The summed E-state index contributed by atoms with van der Waals surface area (Å²) in [7, 11) is 1.68. The number of nitrogens with two attached hydrogens (primary N) is 1. The van der Waals surface area contributed by atoms with Crippen molar-refractivity contribution in [2.45, 2.75) is 25.8 Å². The third kappa shape index (κ3) is 1.79. The summed E-state index contributed by atoms with van der Waals surface area (Å²) < 4.78 is 10.9. The van der Waals surface area contributed by atoms with Gasteiger partial charge in [0.2, 0.25) is 0 Å². The highest BCUT2D eigenvalue weighted by atomic mass is 16.5. The summed E-state index contributed by atoms with van der Waals surface area (Å²) in [6, 6.07) is 3.89. The second-order valence-electron chi connectivity index (χ2n) is 3.90. The van der Waals surface area contributed by atoms with Crippen LogP contribution in [0.2, 0.25) is 0 Å². The SMILES string of the molecule is COc1ccc2c(c1C(C)N)CCCO2. The summed E-state index contributed by atoms with van der Waals surface area (Å²) in [6.45, 7) is 2.78. The zero-order valence-corrected chi connectivity index (χ0v) is 9.25. The van der Waals surface area contributed by atoms with E-state index in [-0.39, 0.29) is 6.04 Å². The van der Waals surface area contributed by atoms with E-state index in [0.717, 1.165) is 36.5 Å². The van der Waals surface area contributed by atoms with Crippen molar-refractivity contribution in [3.05, 3.63) is 23.3 Å². The second kappa shape index (κ2) is 4.11. The van der Waals surface area contributed by atoms with Gasteiger partial charge in [0.05, 0.1) is 13.7 Å².